The standard InChI is InChI=1S/C23H24N4O5/c1-27-13-17(19(26-27)15-9-6-10-16(12-15)23(31)32-2)22(30)25-18(20(28)21(24)29)11-14-7-4-3-5-8-14/h3-10,12-13,18,20,28H,11H2,1-2H3,(H2,24,29)(H,25,30). The van der Waals surface area contributed by atoms with Gasteiger partial charge in [0.2, 0.25) is 5.91 Å². The van der Waals surface area contributed by atoms with Gasteiger partial charge in [-0.2, -0.15) is 5.10 Å². The molecule has 0 fully saturated rings. The summed E-state index contributed by atoms with van der Waals surface area (Å²) in [4.78, 5) is 36.6. The maximum Gasteiger partial charge on any atom is 0.337 e. The number of nitrogens with one attached hydrogen (secondary N) is 1. The van der Waals surface area contributed by atoms with Crippen molar-refractivity contribution in [3.63, 3.8) is 0 Å². The Bertz CT molecular complexity index is 1130. The van der Waals surface area contributed by atoms with Gasteiger partial charge in [-0.15, -0.1) is 0 Å². The van der Waals surface area contributed by atoms with E-state index in [0.717, 1.165) is 5.56 Å². The van der Waals surface area contributed by atoms with Crippen molar-refractivity contribution in [3.8, 4) is 11.3 Å². The predicted molar refractivity (Wildman–Crippen MR) is 117 cm³/mol. The molecule has 0 aliphatic carbocycles. The first-order valence-corrected chi connectivity index (χ1v) is 9.84. The molecule has 2 aromatic carbocycles. The Balaban J connectivity index is 1.91. The van der Waals surface area contributed by atoms with Crippen LogP contribution in [0.25, 0.3) is 11.3 Å². The molecular weight excluding hydrogens is 412 g/mol. The molecule has 9 nitrogen and oxygen atoms in total. The van der Waals surface area contributed by atoms with Crippen LogP contribution in [0.3, 0.4) is 0 Å². The smallest absolute Gasteiger partial charge is 0.337 e. The monoisotopic (exact) mass is 436 g/mol. The van der Waals surface area contributed by atoms with Crippen molar-refractivity contribution in [1.82, 2.24) is 15.1 Å². The summed E-state index contributed by atoms with van der Waals surface area (Å²) >= 11 is 0. The van der Waals surface area contributed by atoms with E-state index in [1.165, 1.54) is 18.0 Å². The molecule has 0 saturated carbocycles. The zero-order valence-electron chi connectivity index (χ0n) is 17.7. The number of esters is 1. The summed E-state index contributed by atoms with van der Waals surface area (Å²) < 4.78 is 6.22. The lowest BCUT2D eigenvalue weighted by Gasteiger charge is -2.22. The van der Waals surface area contributed by atoms with Crippen molar-refractivity contribution < 1.29 is 24.2 Å². The Morgan fingerprint density at radius 1 is 1.16 bits per heavy atom. The predicted octanol–water partition coefficient (Wildman–Crippen LogP) is 1.06. The zero-order valence-corrected chi connectivity index (χ0v) is 17.7. The zero-order chi connectivity index (χ0) is 23.3. The Kier molecular flexibility index (Phi) is 7.01. The number of aliphatic hydroxyl groups is 1. The van der Waals surface area contributed by atoms with Crippen molar-refractivity contribution in [1.29, 1.82) is 0 Å². The molecule has 3 aromatic rings. The van der Waals surface area contributed by atoms with E-state index in [2.05, 4.69) is 10.4 Å². The highest BCUT2D eigenvalue weighted by atomic mass is 16.5. The number of aryl methyl sites for hydroxylation is 1. The lowest BCUT2D eigenvalue weighted by atomic mass is 9.99. The number of carbonyl (C=O) groups excluding carboxylic acids is 3. The molecule has 2 unspecified atom stereocenters. The van der Waals surface area contributed by atoms with Crippen molar-refractivity contribution in [2.24, 2.45) is 12.8 Å². The van der Waals surface area contributed by atoms with E-state index in [1.807, 2.05) is 30.3 Å². The summed E-state index contributed by atoms with van der Waals surface area (Å²) in [5.41, 5.74) is 7.50. The summed E-state index contributed by atoms with van der Waals surface area (Å²) in [7, 11) is 2.94. The molecule has 32 heavy (non-hydrogen) atoms. The number of nitrogens with zero attached hydrogens (tertiary/aromatic N) is 2. The average Bonchev–Trinajstić information content (AvgIpc) is 3.20. The van der Waals surface area contributed by atoms with Gasteiger partial charge < -0.3 is 20.9 Å². The maximum atomic E-state index is 13.1. The van der Waals surface area contributed by atoms with Crippen LogP contribution >= 0.6 is 0 Å². The second-order valence-electron chi connectivity index (χ2n) is 7.25. The molecule has 0 saturated heterocycles. The van der Waals surface area contributed by atoms with Crippen LogP contribution < -0.4 is 11.1 Å². The Morgan fingerprint density at radius 2 is 1.88 bits per heavy atom. The second kappa shape index (κ2) is 9.88. The van der Waals surface area contributed by atoms with E-state index >= 15 is 0 Å². The van der Waals surface area contributed by atoms with Gasteiger partial charge >= 0.3 is 5.97 Å². The van der Waals surface area contributed by atoms with Gasteiger partial charge in [-0.1, -0.05) is 42.5 Å². The molecule has 1 heterocycles. The van der Waals surface area contributed by atoms with E-state index in [-0.39, 0.29) is 12.0 Å². The first-order valence-electron chi connectivity index (χ1n) is 9.84. The minimum atomic E-state index is -1.58. The SMILES string of the molecule is COC(=O)c1cccc(-c2nn(C)cc2C(=O)NC(Cc2ccccc2)C(O)C(N)=O)c1. The first kappa shape index (κ1) is 22.7. The van der Waals surface area contributed by atoms with E-state index in [0.29, 0.717) is 16.8 Å². The minimum absolute atomic E-state index is 0.199. The molecule has 9 heteroatoms. The highest BCUT2D eigenvalue weighted by Gasteiger charge is 2.28. The van der Waals surface area contributed by atoms with Gasteiger partial charge in [0.25, 0.3) is 5.91 Å². The van der Waals surface area contributed by atoms with Gasteiger partial charge in [0.05, 0.1) is 24.3 Å². The number of nitrogens with two attached hydrogens (primary N) is 1. The molecule has 166 valence electrons. The molecule has 0 aliphatic rings. The van der Waals surface area contributed by atoms with Gasteiger partial charge in [-0.05, 0) is 24.1 Å². The molecule has 0 bridgehead atoms. The van der Waals surface area contributed by atoms with Gasteiger partial charge in [-0.25, -0.2) is 4.79 Å². The van der Waals surface area contributed by atoms with Gasteiger partial charge in [-0.3, -0.25) is 14.3 Å². The first-order chi connectivity index (χ1) is 15.3. The molecule has 1 aromatic heterocycles. The normalized spacial score (nSPS) is 12.6. The third kappa shape index (κ3) is 5.19. The molecule has 0 spiro atoms. The molecule has 3 rings (SSSR count). The van der Waals surface area contributed by atoms with E-state index in [1.54, 1.807) is 31.3 Å². The second-order valence-corrected chi connectivity index (χ2v) is 7.25. The maximum absolute atomic E-state index is 13.1. The highest BCUT2D eigenvalue weighted by molar-refractivity contribution is 6.01. The number of hydrogen-bond donors (Lipinski definition) is 3. The van der Waals surface area contributed by atoms with Crippen molar-refractivity contribution >= 4 is 17.8 Å². The van der Waals surface area contributed by atoms with Crippen LogP contribution in [0.1, 0.15) is 26.3 Å². The number of aromatic nitrogens is 2. The Morgan fingerprint density at radius 3 is 2.53 bits per heavy atom. The fourth-order valence-corrected chi connectivity index (χ4v) is 3.33. The highest BCUT2D eigenvalue weighted by Crippen LogP contribution is 2.24. The lowest BCUT2D eigenvalue weighted by Crippen LogP contribution is -2.50. The topological polar surface area (TPSA) is 137 Å². The Labute approximate surface area is 184 Å². The third-order valence-corrected chi connectivity index (χ3v) is 4.92. The third-order valence-electron chi connectivity index (χ3n) is 4.92. The average molecular weight is 436 g/mol. The van der Waals surface area contributed by atoms with Crippen molar-refractivity contribution in [3.05, 3.63) is 77.5 Å². The van der Waals surface area contributed by atoms with Crippen molar-refractivity contribution in [2.75, 3.05) is 7.11 Å². The summed E-state index contributed by atoms with van der Waals surface area (Å²) in [5, 5.41) is 17.3. The van der Waals surface area contributed by atoms with Crippen molar-refractivity contribution in [2.45, 2.75) is 18.6 Å². The fourth-order valence-electron chi connectivity index (χ4n) is 3.33. The molecule has 4 N–H and O–H groups in total. The largest absolute Gasteiger partial charge is 0.465 e. The number of carbonyl (C=O) groups is 3. The number of aliphatic hydroxyl groups excluding tert-OH is 1. The van der Waals surface area contributed by atoms with E-state index in [4.69, 9.17) is 10.5 Å². The van der Waals surface area contributed by atoms with Crippen LogP contribution in [0.5, 0.6) is 0 Å². The van der Waals surface area contributed by atoms with Crippen LogP contribution in [0.15, 0.2) is 60.8 Å². The quantitative estimate of drug-likeness (QED) is 0.452. The number of methoxy groups -OCH3 is 1. The molecule has 2 atom stereocenters. The number of rotatable bonds is 8. The minimum Gasteiger partial charge on any atom is -0.465 e. The molecule has 0 aliphatic heterocycles. The number of primary amides is 1. The number of hydrogen-bond acceptors (Lipinski definition) is 6. The van der Waals surface area contributed by atoms with Gasteiger partial charge in [0.1, 0.15) is 5.69 Å². The summed E-state index contributed by atoms with van der Waals surface area (Å²) in [6.07, 6.45) is 0.137. The van der Waals surface area contributed by atoms with Crippen LogP contribution in [0.4, 0.5) is 0 Å². The van der Waals surface area contributed by atoms with Gasteiger partial charge in [0, 0.05) is 18.8 Å². The number of benzene rings is 2. The van der Waals surface area contributed by atoms with E-state index < -0.39 is 29.9 Å². The molecule has 0 radical (unpaired) electrons. The fraction of sp³-hybridized carbons (Fsp3) is 0.217. The molecular formula is C23H24N4O5. The molecule has 2 amide bonds. The van der Waals surface area contributed by atoms with Gasteiger partial charge in [0.15, 0.2) is 6.10 Å². The summed E-state index contributed by atoms with van der Waals surface area (Å²) in [6, 6.07) is 14.7. The van der Waals surface area contributed by atoms with Crippen LogP contribution in [-0.4, -0.2) is 51.9 Å². The van der Waals surface area contributed by atoms with Crippen LogP contribution in [0.2, 0.25) is 0 Å². The summed E-state index contributed by atoms with van der Waals surface area (Å²) in [6.45, 7) is 0. The Hall–Kier alpha value is -3.98. The van der Waals surface area contributed by atoms with Crippen LogP contribution in [0, 0.1) is 0 Å². The number of amides is 2. The lowest BCUT2D eigenvalue weighted by molar-refractivity contribution is -0.127. The van der Waals surface area contributed by atoms with E-state index in [9.17, 15) is 19.5 Å². The summed E-state index contributed by atoms with van der Waals surface area (Å²) in [5.74, 6) is -2.00. The van der Waals surface area contributed by atoms with Crippen LogP contribution in [-0.2, 0) is 23.0 Å². The number of ether oxygens (including phenoxy) is 1.